The molecule has 4 aliphatic rings. The third kappa shape index (κ3) is 7.17. The molecule has 5 heterocycles. The van der Waals surface area contributed by atoms with Crippen molar-refractivity contribution in [2.24, 2.45) is 0 Å². The smallest absolute Gasteiger partial charge is 0.256 e. The number of hydrogen-bond donors (Lipinski definition) is 0. The third-order valence-corrected chi connectivity index (χ3v) is 18.0. The van der Waals surface area contributed by atoms with Crippen LogP contribution in [0.1, 0.15) is 0 Å². The third-order valence-electron chi connectivity index (χ3n) is 18.0. The number of hydrogen-bond acceptors (Lipinski definition) is 6. The fourth-order valence-electron chi connectivity index (χ4n) is 14.6. The molecule has 4 aliphatic heterocycles. The molecule has 0 radical (unpaired) electrons. The van der Waals surface area contributed by atoms with Crippen molar-refractivity contribution < 1.29 is 9.15 Å². The molecule has 0 bridgehead atoms. The lowest BCUT2D eigenvalue weighted by Crippen LogP contribution is -2.64. The van der Waals surface area contributed by atoms with E-state index >= 15 is 0 Å². The fraction of sp³-hybridized carbons (Fsp3) is 0. The molecule has 0 saturated carbocycles. The molecule has 1 aromatic heterocycles. The van der Waals surface area contributed by atoms with Gasteiger partial charge in [0.05, 0.1) is 22.3 Å². The van der Waals surface area contributed by atoms with Gasteiger partial charge in [-0.15, -0.1) is 0 Å². The summed E-state index contributed by atoms with van der Waals surface area (Å²) in [7, 11) is 0. The zero-order valence-electron chi connectivity index (χ0n) is 46.6. The van der Waals surface area contributed by atoms with Gasteiger partial charge < -0.3 is 28.8 Å². The zero-order chi connectivity index (χ0) is 56.4. The van der Waals surface area contributed by atoms with E-state index in [4.69, 9.17) is 9.15 Å². The Morgan fingerprint density at radius 2 is 0.814 bits per heavy atom. The van der Waals surface area contributed by atoms with E-state index < -0.39 is 0 Å². The second-order valence-corrected chi connectivity index (χ2v) is 22.6. The minimum Gasteiger partial charge on any atom is -0.457 e. The number of anilines is 12. The Morgan fingerprint density at radius 1 is 0.337 bits per heavy atom. The lowest BCUT2D eigenvalue weighted by atomic mass is 9.30. The van der Waals surface area contributed by atoms with Crippen molar-refractivity contribution in [1.82, 2.24) is 0 Å². The van der Waals surface area contributed by atoms with Gasteiger partial charge in [-0.1, -0.05) is 206 Å². The van der Waals surface area contributed by atoms with Crippen molar-refractivity contribution in [3.05, 3.63) is 303 Å². The van der Waals surface area contributed by atoms with E-state index in [0.29, 0.717) is 0 Å². The van der Waals surface area contributed by atoms with E-state index in [-0.39, 0.29) is 13.4 Å². The van der Waals surface area contributed by atoms with Crippen molar-refractivity contribution >= 4 is 136 Å². The topological polar surface area (TPSA) is 35.3 Å². The highest BCUT2D eigenvalue weighted by molar-refractivity contribution is 7.03. The minimum atomic E-state index is -0.260. The van der Waals surface area contributed by atoms with Crippen LogP contribution in [0, 0.1) is 0 Å². The summed E-state index contributed by atoms with van der Waals surface area (Å²) in [6, 6.07) is 110. The summed E-state index contributed by atoms with van der Waals surface area (Å²) < 4.78 is 15.4. The molecule has 0 unspecified atom stereocenters. The van der Waals surface area contributed by atoms with Crippen LogP contribution in [-0.2, 0) is 0 Å². The van der Waals surface area contributed by atoms with Gasteiger partial charge in [-0.25, -0.2) is 0 Å². The Balaban J connectivity index is 0.970. The normalized spacial score (nSPS) is 13.1. The van der Waals surface area contributed by atoms with Gasteiger partial charge in [0, 0.05) is 68.3 Å². The predicted octanol–water partition coefficient (Wildman–Crippen LogP) is 16.9. The van der Waals surface area contributed by atoms with Gasteiger partial charge in [-0.05, 0) is 140 Å². The number of benzene rings is 13. The molecular weight excluding hydrogens is 1050 g/mol. The Morgan fingerprint density at radius 3 is 1.43 bits per heavy atom. The minimum absolute atomic E-state index is 0.179. The summed E-state index contributed by atoms with van der Waals surface area (Å²) in [6.07, 6.45) is 0. The van der Waals surface area contributed by atoms with E-state index in [1.54, 1.807) is 0 Å². The zero-order valence-corrected chi connectivity index (χ0v) is 46.6. The molecule has 86 heavy (non-hydrogen) atoms. The van der Waals surface area contributed by atoms with Gasteiger partial charge in [0.1, 0.15) is 22.7 Å². The first-order valence-electron chi connectivity index (χ1n) is 29.6. The number of furan rings is 1. The quantitative estimate of drug-likeness (QED) is 0.141. The molecular formula is C78H50B2N4O2. The highest BCUT2D eigenvalue weighted by Crippen LogP contribution is 2.55. The molecule has 0 amide bonds. The fourth-order valence-corrected chi connectivity index (χ4v) is 14.6. The van der Waals surface area contributed by atoms with E-state index in [1.807, 2.05) is 0 Å². The molecule has 400 valence electrons. The highest BCUT2D eigenvalue weighted by atomic mass is 16.5. The van der Waals surface area contributed by atoms with Crippen LogP contribution in [0.3, 0.4) is 0 Å². The molecule has 0 atom stereocenters. The van der Waals surface area contributed by atoms with Gasteiger partial charge in [-0.3, -0.25) is 0 Å². The Hall–Kier alpha value is -11.2. The lowest BCUT2D eigenvalue weighted by Gasteiger charge is -2.46. The maximum atomic E-state index is 8.04. The standard InChI is InChI=1S/C78H50B2N4O2/c1-7-27-51(28-8-1)58-39-19-20-40-59(58)73-77-72(60-41-21-26-46-70(60)85-77)76-75-78(73)86-71-50-67-63(49-64(71)80(75)62-43-23-25-45-66(62)84(76)56-37-17-6-18-38-56)79-61-42-22-24-44-65(61)82(54-33-13-4-14-34-54)68-47-57(48-69(74(68)79)83(67)55-35-15-5-16-36-55)81(52-29-9-2-10-30-52)53-31-11-3-12-32-53/h1-50H. The van der Waals surface area contributed by atoms with Crippen molar-refractivity contribution in [3.63, 3.8) is 0 Å². The van der Waals surface area contributed by atoms with E-state index in [9.17, 15) is 0 Å². The van der Waals surface area contributed by atoms with Crippen LogP contribution in [-0.4, -0.2) is 13.4 Å². The monoisotopic (exact) mass is 1100 g/mol. The highest BCUT2D eigenvalue weighted by Gasteiger charge is 2.49. The van der Waals surface area contributed by atoms with Crippen molar-refractivity contribution in [2.75, 3.05) is 19.6 Å². The van der Waals surface area contributed by atoms with Crippen LogP contribution < -0.4 is 57.1 Å². The number of ether oxygens (including phenoxy) is 1. The van der Waals surface area contributed by atoms with Gasteiger partial charge in [0.25, 0.3) is 13.4 Å². The predicted molar refractivity (Wildman–Crippen MR) is 359 cm³/mol. The Labute approximate surface area is 499 Å². The Kier molecular flexibility index (Phi) is 10.8. The summed E-state index contributed by atoms with van der Waals surface area (Å²) >= 11 is 0. The first-order chi connectivity index (χ1) is 42.7. The second kappa shape index (κ2) is 19.2. The summed E-state index contributed by atoms with van der Waals surface area (Å²) in [5.41, 5.74) is 25.8. The number of fused-ring (bicyclic) bond motifs is 12. The lowest BCUT2D eigenvalue weighted by molar-refractivity contribution is 0.489. The van der Waals surface area contributed by atoms with Crippen molar-refractivity contribution in [3.8, 4) is 33.8 Å². The first kappa shape index (κ1) is 48.3. The van der Waals surface area contributed by atoms with Crippen LogP contribution in [0.5, 0.6) is 11.5 Å². The summed E-state index contributed by atoms with van der Waals surface area (Å²) in [5.74, 6) is 1.59. The van der Waals surface area contributed by atoms with Crippen molar-refractivity contribution in [2.45, 2.75) is 0 Å². The molecule has 0 N–H and O–H groups in total. The van der Waals surface area contributed by atoms with Crippen molar-refractivity contribution in [1.29, 1.82) is 0 Å². The van der Waals surface area contributed by atoms with Crippen LogP contribution in [0.25, 0.3) is 44.2 Å². The SMILES string of the molecule is c1ccc(-c2ccccc2-c2c3c4c(c5c2oc2ccccc25)N(c2ccccc2)c2ccccc2B4c2cc4c(cc2O3)N(c2ccccc2)c2cc(N(c3ccccc3)c3ccccc3)cc3c2B4c2ccccc2N3c2ccccc2)cc1. The first-order valence-corrected chi connectivity index (χ1v) is 29.6. The molecule has 6 nitrogen and oxygen atoms in total. The van der Waals surface area contributed by atoms with Crippen LogP contribution in [0.2, 0.25) is 0 Å². The Bertz CT molecular complexity index is 4970. The molecule has 0 aliphatic carbocycles. The molecule has 0 saturated heterocycles. The maximum absolute atomic E-state index is 8.04. The second-order valence-electron chi connectivity index (χ2n) is 22.6. The van der Waals surface area contributed by atoms with Gasteiger partial charge in [0.15, 0.2) is 0 Å². The average molecular weight is 1100 g/mol. The molecule has 14 aromatic rings. The average Bonchev–Trinajstić information content (AvgIpc) is 1.07. The van der Waals surface area contributed by atoms with Gasteiger partial charge >= 0.3 is 0 Å². The largest absolute Gasteiger partial charge is 0.457 e. The number of para-hydroxylation sites is 8. The molecule has 0 fully saturated rings. The van der Waals surface area contributed by atoms with Crippen LogP contribution >= 0.6 is 0 Å². The molecule has 13 aromatic carbocycles. The van der Waals surface area contributed by atoms with Gasteiger partial charge in [0.2, 0.25) is 0 Å². The van der Waals surface area contributed by atoms with Gasteiger partial charge in [-0.2, -0.15) is 0 Å². The van der Waals surface area contributed by atoms with Crippen LogP contribution in [0.15, 0.2) is 308 Å². The maximum Gasteiger partial charge on any atom is 0.256 e. The van der Waals surface area contributed by atoms with Crippen LogP contribution in [0.4, 0.5) is 68.2 Å². The molecule has 0 spiro atoms. The summed E-state index contributed by atoms with van der Waals surface area (Å²) in [4.78, 5) is 9.86. The van der Waals surface area contributed by atoms with E-state index in [2.05, 4.69) is 323 Å². The van der Waals surface area contributed by atoms with E-state index in [1.165, 1.54) is 21.9 Å². The summed E-state index contributed by atoms with van der Waals surface area (Å²) in [6.45, 7) is -0.439. The van der Waals surface area contributed by atoms with E-state index in [0.717, 1.165) is 135 Å². The molecule has 8 heteroatoms. The summed E-state index contributed by atoms with van der Waals surface area (Å²) in [5, 5.41) is 2.10. The number of rotatable bonds is 8. The molecule has 18 rings (SSSR count). The number of nitrogens with zero attached hydrogens (tertiary/aromatic N) is 4.